The third-order valence-electron chi connectivity index (χ3n) is 3.71. The number of para-hydroxylation sites is 1. The van der Waals surface area contributed by atoms with Crippen molar-refractivity contribution in [1.29, 1.82) is 0 Å². The molecule has 98 valence electrons. The second-order valence-electron chi connectivity index (χ2n) is 5.49. The van der Waals surface area contributed by atoms with Gasteiger partial charge in [0.15, 0.2) is 0 Å². The quantitative estimate of drug-likeness (QED) is 0.882. The van der Waals surface area contributed by atoms with Crippen LogP contribution < -0.4 is 5.32 Å². The van der Waals surface area contributed by atoms with Gasteiger partial charge in [-0.05, 0) is 43.3 Å². The number of likely N-dealkylation sites (N-methyl/N-ethyl adjacent to an activating group) is 1. The number of anilines is 1. The molecule has 1 unspecified atom stereocenters. The number of rotatable bonds is 2. The van der Waals surface area contributed by atoms with E-state index in [4.69, 9.17) is 0 Å². The number of hydrogen-bond acceptors (Lipinski definition) is 2. The molecule has 0 bridgehead atoms. The highest BCUT2D eigenvalue weighted by molar-refractivity contribution is 5.57. The molecule has 1 N–H and O–H groups in total. The molecule has 0 aromatic heterocycles. The Bertz CT molecular complexity index is 575. The van der Waals surface area contributed by atoms with Crippen LogP contribution in [0.2, 0.25) is 0 Å². The number of nitrogens with zero attached hydrogens (tertiary/aromatic N) is 1. The summed E-state index contributed by atoms with van der Waals surface area (Å²) in [6, 6.07) is 17.8. The van der Waals surface area contributed by atoms with E-state index in [1.165, 1.54) is 22.4 Å². The summed E-state index contributed by atoms with van der Waals surface area (Å²) in [5.74, 6) is 0. The number of benzene rings is 2. The Kier molecular flexibility index (Phi) is 3.26. The Hall–Kier alpha value is -1.80. The summed E-state index contributed by atoms with van der Waals surface area (Å²) in [5, 5.41) is 3.71. The first-order valence-corrected chi connectivity index (χ1v) is 6.81. The summed E-state index contributed by atoms with van der Waals surface area (Å²) in [4.78, 5) is 2.24. The molecule has 19 heavy (non-hydrogen) atoms. The second kappa shape index (κ2) is 5.06. The van der Waals surface area contributed by atoms with Crippen molar-refractivity contribution >= 4 is 5.69 Å². The average molecular weight is 252 g/mol. The zero-order valence-electron chi connectivity index (χ0n) is 11.6. The zero-order chi connectivity index (χ0) is 13.2. The van der Waals surface area contributed by atoms with E-state index in [1.54, 1.807) is 0 Å². The molecule has 1 atom stereocenters. The predicted octanol–water partition coefficient (Wildman–Crippen LogP) is 3.31. The van der Waals surface area contributed by atoms with Gasteiger partial charge in [-0.2, -0.15) is 0 Å². The lowest BCUT2D eigenvalue weighted by atomic mass is 9.97. The molecule has 0 fully saturated rings. The molecule has 2 nitrogen and oxygen atoms in total. The van der Waals surface area contributed by atoms with Crippen molar-refractivity contribution in [2.24, 2.45) is 0 Å². The molecule has 0 radical (unpaired) electrons. The maximum atomic E-state index is 3.71. The van der Waals surface area contributed by atoms with Crippen LogP contribution in [0.25, 0.3) is 0 Å². The third kappa shape index (κ3) is 2.49. The van der Waals surface area contributed by atoms with Crippen LogP contribution in [0.4, 0.5) is 5.69 Å². The Morgan fingerprint density at radius 3 is 2.47 bits per heavy atom. The molecule has 1 heterocycles. The Balaban J connectivity index is 2.06. The van der Waals surface area contributed by atoms with E-state index in [-0.39, 0.29) is 0 Å². The number of fused-ring (bicyclic) bond motifs is 2. The van der Waals surface area contributed by atoms with Crippen LogP contribution in [0.5, 0.6) is 0 Å². The van der Waals surface area contributed by atoms with Gasteiger partial charge in [0, 0.05) is 12.2 Å². The molecule has 0 saturated heterocycles. The van der Waals surface area contributed by atoms with Gasteiger partial charge in [0.05, 0.1) is 6.04 Å². The highest BCUT2D eigenvalue weighted by atomic mass is 15.1. The normalized spacial score (nSPS) is 17.3. The molecule has 2 heteroatoms. The van der Waals surface area contributed by atoms with Crippen LogP contribution in [0.1, 0.15) is 22.7 Å². The van der Waals surface area contributed by atoms with Crippen LogP contribution in [0, 0.1) is 0 Å². The molecule has 0 amide bonds. The van der Waals surface area contributed by atoms with Crippen molar-refractivity contribution in [3.63, 3.8) is 0 Å². The minimum atomic E-state index is 0.356. The van der Waals surface area contributed by atoms with Crippen molar-refractivity contribution in [1.82, 2.24) is 4.90 Å². The SMILES string of the molecule is CN(C)CC1Nc2ccccc2Cc2ccccc21. The fourth-order valence-corrected chi connectivity index (χ4v) is 2.83. The molecule has 0 saturated carbocycles. The minimum absolute atomic E-state index is 0.356. The summed E-state index contributed by atoms with van der Waals surface area (Å²) in [7, 11) is 4.25. The van der Waals surface area contributed by atoms with Gasteiger partial charge in [-0.3, -0.25) is 0 Å². The van der Waals surface area contributed by atoms with Gasteiger partial charge in [-0.1, -0.05) is 42.5 Å². The van der Waals surface area contributed by atoms with E-state index >= 15 is 0 Å². The maximum Gasteiger partial charge on any atom is 0.0643 e. The van der Waals surface area contributed by atoms with E-state index in [1.807, 2.05) is 0 Å². The Labute approximate surface area is 115 Å². The summed E-state index contributed by atoms with van der Waals surface area (Å²) >= 11 is 0. The molecule has 3 rings (SSSR count). The molecule has 0 spiro atoms. The molecule has 2 aromatic rings. The smallest absolute Gasteiger partial charge is 0.0643 e. The van der Waals surface area contributed by atoms with Crippen LogP contribution in [0.15, 0.2) is 48.5 Å². The van der Waals surface area contributed by atoms with E-state index in [2.05, 4.69) is 72.8 Å². The van der Waals surface area contributed by atoms with Gasteiger partial charge in [-0.25, -0.2) is 0 Å². The van der Waals surface area contributed by atoms with Gasteiger partial charge in [-0.15, -0.1) is 0 Å². The highest BCUT2D eigenvalue weighted by Gasteiger charge is 2.20. The van der Waals surface area contributed by atoms with Gasteiger partial charge < -0.3 is 10.2 Å². The first-order valence-electron chi connectivity index (χ1n) is 6.81. The van der Waals surface area contributed by atoms with Crippen LogP contribution in [-0.2, 0) is 6.42 Å². The first kappa shape index (κ1) is 12.2. The lowest BCUT2D eigenvalue weighted by Gasteiger charge is -2.23. The number of nitrogens with one attached hydrogen (secondary N) is 1. The fourth-order valence-electron chi connectivity index (χ4n) is 2.83. The molecular formula is C17H20N2. The first-order chi connectivity index (χ1) is 9.24. The Morgan fingerprint density at radius 1 is 1.00 bits per heavy atom. The van der Waals surface area contributed by atoms with Gasteiger partial charge in [0.25, 0.3) is 0 Å². The summed E-state index contributed by atoms with van der Waals surface area (Å²) in [6.45, 7) is 1.01. The lowest BCUT2D eigenvalue weighted by Crippen LogP contribution is -2.25. The molecular weight excluding hydrogens is 232 g/mol. The fraction of sp³-hybridized carbons (Fsp3) is 0.294. The summed E-state index contributed by atoms with van der Waals surface area (Å²) in [6.07, 6.45) is 1.02. The second-order valence-corrected chi connectivity index (χ2v) is 5.49. The summed E-state index contributed by atoms with van der Waals surface area (Å²) < 4.78 is 0. The van der Waals surface area contributed by atoms with Crippen LogP contribution in [0.3, 0.4) is 0 Å². The van der Waals surface area contributed by atoms with E-state index < -0.39 is 0 Å². The average Bonchev–Trinajstić information content (AvgIpc) is 2.55. The highest BCUT2D eigenvalue weighted by Crippen LogP contribution is 2.32. The van der Waals surface area contributed by atoms with Crippen molar-refractivity contribution in [3.05, 3.63) is 65.2 Å². The molecule has 2 aromatic carbocycles. The standard InChI is InChI=1S/C17H20N2/c1-19(2)12-17-15-9-5-3-7-13(15)11-14-8-4-6-10-16(14)18-17/h3-10,17-18H,11-12H2,1-2H3. The number of hydrogen-bond donors (Lipinski definition) is 1. The largest absolute Gasteiger partial charge is 0.377 e. The maximum absolute atomic E-state index is 3.71. The minimum Gasteiger partial charge on any atom is -0.377 e. The van der Waals surface area contributed by atoms with Crippen molar-refractivity contribution in [3.8, 4) is 0 Å². The molecule has 1 aliphatic rings. The molecule has 0 aliphatic carbocycles. The topological polar surface area (TPSA) is 15.3 Å². The van der Waals surface area contributed by atoms with Crippen LogP contribution >= 0.6 is 0 Å². The van der Waals surface area contributed by atoms with Crippen molar-refractivity contribution in [2.75, 3.05) is 26.0 Å². The zero-order valence-corrected chi connectivity index (χ0v) is 11.6. The van der Waals surface area contributed by atoms with E-state index in [9.17, 15) is 0 Å². The lowest BCUT2D eigenvalue weighted by molar-refractivity contribution is 0.386. The van der Waals surface area contributed by atoms with Gasteiger partial charge >= 0.3 is 0 Å². The van der Waals surface area contributed by atoms with Gasteiger partial charge in [0.2, 0.25) is 0 Å². The van der Waals surface area contributed by atoms with E-state index in [0.29, 0.717) is 6.04 Å². The third-order valence-corrected chi connectivity index (χ3v) is 3.71. The van der Waals surface area contributed by atoms with Gasteiger partial charge in [0.1, 0.15) is 0 Å². The Morgan fingerprint density at radius 2 is 1.68 bits per heavy atom. The monoisotopic (exact) mass is 252 g/mol. The van der Waals surface area contributed by atoms with E-state index in [0.717, 1.165) is 13.0 Å². The summed E-state index contributed by atoms with van der Waals surface area (Å²) in [5.41, 5.74) is 5.51. The van der Waals surface area contributed by atoms with Crippen LogP contribution in [-0.4, -0.2) is 25.5 Å². The predicted molar refractivity (Wildman–Crippen MR) is 80.6 cm³/mol. The van der Waals surface area contributed by atoms with Crippen molar-refractivity contribution < 1.29 is 0 Å². The van der Waals surface area contributed by atoms with Crippen molar-refractivity contribution in [2.45, 2.75) is 12.5 Å². The molecule has 1 aliphatic heterocycles.